The zero-order valence-corrected chi connectivity index (χ0v) is 12.9. The topological polar surface area (TPSA) is 50.3 Å². The third-order valence-electron chi connectivity index (χ3n) is 2.59. The van der Waals surface area contributed by atoms with Gasteiger partial charge in [-0.2, -0.15) is 4.31 Å². The highest BCUT2D eigenvalue weighted by atomic mass is 35.5. The fraction of sp³-hybridized carbons (Fsp3) is 0.300. The van der Waals surface area contributed by atoms with E-state index in [4.69, 9.17) is 11.6 Å². The molecule has 2 aromatic rings. The summed E-state index contributed by atoms with van der Waals surface area (Å²) in [6, 6.07) is 3.61. The van der Waals surface area contributed by atoms with Crippen molar-refractivity contribution in [2.24, 2.45) is 0 Å². The van der Waals surface area contributed by atoms with Crippen molar-refractivity contribution in [1.82, 2.24) is 9.29 Å². The predicted octanol–water partition coefficient (Wildman–Crippen LogP) is 3.24. The second-order valence-electron chi connectivity index (χ2n) is 3.64. The molecule has 0 radical (unpaired) electrons. The number of nitrogens with zero attached hydrogens (tertiary/aromatic N) is 2. The van der Waals surface area contributed by atoms with Gasteiger partial charge in [-0.05, 0) is 18.4 Å². The van der Waals surface area contributed by atoms with E-state index in [0.717, 1.165) is 16.2 Å². The highest BCUT2D eigenvalue weighted by Gasteiger charge is 2.28. The van der Waals surface area contributed by atoms with Crippen molar-refractivity contribution in [3.63, 3.8) is 0 Å². The van der Waals surface area contributed by atoms with E-state index in [0.29, 0.717) is 0 Å². The van der Waals surface area contributed by atoms with Gasteiger partial charge in [0.2, 0.25) is 0 Å². The monoisotopic (exact) mass is 322 g/mol. The second kappa shape index (κ2) is 5.26. The highest BCUT2D eigenvalue weighted by molar-refractivity contribution is 7.91. The van der Waals surface area contributed by atoms with Crippen LogP contribution in [0.25, 0.3) is 0 Å². The average Bonchev–Trinajstić information content (AvgIpc) is 2.97. The van der Waals surface area contributed by atoms with Crippen LogP contribution in [-0.2, 0) is 10.0 Å². The van der Waals surface area contributed by atoms with E-state index in [1.807, 2.05) is 24.4 Å². The van der Waals surface area contributed by atoms with Crippen molar-refractivity contribution in [2.75, 3.05) is 7.05 Å². The summed E-state index contributed by atoms with van der Waals surface area (Å²) >= 11 is 8.17. The Morgan fingerprint density at radius 2 is 2.22 bits per heavy atom. The summed E-state index contributed by atoms with van der Waals surface area (Å²) in [6.07, 6.45) is 1.29. The van der Waals surface area contributed by atoms with Crippen molar-refractivity contribution in [2.45, 2.75) is 17.2 Å². The molecule has 0 saturated carbocycles. The van der Waals surface area contributed by atoms with Crippen LogP contribution in [0.5, 0.6) is 0 Å². The van der Waals surface area contributed by atoms with Gasteiger partial charge in [0.1, 0.15) is 0 Å². The molecule has 0 spiro atoms. The van der Waals surface area contributed by atoms with Crippen LogP contribution in [0.3, 0.4) is 0 Å². The zero-order chi connectivity index (χ0) is 13.3. The van der Waals surface area contributed by atoms with Gasteiger partial charge < -0.3 is 0 Å². The van der Waals surface area contributed by atoms with Gasteiger partial charge >= 0.3 is 0 Å². The van der Waals surface area contributed by atoms with Gasteiger partial charge in [-0.25, -0.2) is 13.4 Å². The quantitative estimate of drug-likeness (QED) is 0.868. The summed E-state index contributed by atoms with van der Waals surface area (Å²) in [6.45, 7) is 1.85. The first-order valence-corrected chi connectivity index (χ1v) is 8.57. The van der Waals surface area contributed by atoms with E-state index < -0.39 is 10.0 Å². The van der Waals surface area contributed by atoms with Crippen LogP contribution >= 0.6 is 34.3 Å². The minimum Gasteiger partial charge on any atom is -0.232 e. The molecule has 0 saturated heterocycles. The van der Waals surface area contributed by atoms with Gasteiger partial charge in [-0.1, -0.05) is 29.0 Å². The number of sulfonamides is 1. The molecule has 1 unspecified atom stereocenters. The maximum atomic E-state index is 12.3. The summed E-state index contributed by atoms with van der Waals surface area (Å²) in [5, 5.41) is 1.93. The number of hydrogen-bond acceptors (Lipinski definition) is 5. The van der Waals surface area contributed by atoms with Crippen LogP contribution in [0.2, 0.25) is 4.47 Å². The zero-order valence-electron chi connectivity index (χ0n) is 9.70. The number of thiazole rings is 1. The molecule has 0 aliphatic heterocycles. The molecular formula is C10H11ClN2O2S3. The van der Waals surface area contributed by atoms with Crippen LogP contribution in [0.1, 0.15) is 17.8 Å². The number of aromatic nitrogens is 1. The molecule has 8 heteroatoms. The van der Waals surface area contributed by atoms with Gasteiger partial charge in [-0.3, -0.25) is 0 Å². The number of rotatable bonds is 4. The first kappa shape index (κ1) is 14.0. The Hall–Kier alpha value is -0.470. The van der Waals surface area contributed by atoms with Crippen molar-refractivity contribution >= 4 is 44.3 Å². The lowest BCUT2D eigenvalue weighted by atomic mass is 10.3. The third-order valence-corrected chi connectivity index (χ3v) is 7.11. The predicted molar refractivity (Wildman–Crippen MR) is 74.8 cm³/mol. The summed E-state index contributed by atoms with van der Waals surface area (Å²) in [7, 11) is -1.97. The Morgan fingerprint density at radius 3 is 2.72 bits per heavy atom. The Kier molecular flexibility index (Phi) is 4.08. The molecule has 2 heterocycles. The van der Waals surface area contributed by atoms with Crippen molar-refractivity contribution < 1.29 is 8.42 Å². The van der Waals surface area contributed by atoms with E-state index in [-0.39, 0.29) is 14.7 Å². The van der Waals surface area contributed by atoms with Gasteiger partial charge in [0.15, 0.2) is 8.68 Å². The molecule has 98 valence electrons. The minimum atomic E-state index is -3.53. The molecule has 0 aliphatic rings. The molecule has 18 heavy (non-hydrogen) atoms. The minimum absolute atomic E-state index is 0.165. The smallest absolute Gasteiger partial charge is 0.232 e. The van der Waals surface area contributed by atoms with Crippen molar-refractivity contribution in [3.8, 4) is 0 Å². The first-order valence-electron chi connectivity index (χ1n) is 5.05. The lowest BCUT2D eigenvalue weighted by Crippen LogP contribution is -2.28. The summed E-state index contributed by atoms with van der Waals surface area (Å²) < 4.78 is 26.4. The van der Waals surface area contributed by atoms with E-state index in [9.17, 15) is 8.42 Å². The molecule has 0 bridgehead atoms. The Labute approximate surface area is 119 Å². The summed E-state index contributed by atoms with van der Waals surface area (Å²) in [5.74, 6) is 0. The van der Waals surface area contributed by atoms with E-state index in [2.05, 4.69) is 4.98 Å². The number of hydrogen-bond donors (Lipinski definition) is 0. The normalized spacial score (nSPS) is 14.0. The lowest BCUT2D eigenvalue weighted by molar-refractivity contribution is 0.404. The fourth-order valence-electron chi connectivity index (χ4n) is 1.42. The van der Waals surface area contributed by atoms with E-state index in [1.165, 1.54) is 21.8 Å². The molecule has 1 atom stereocenters. The van der Waals surface area contributed by atoms with Gasteiger partial charge in [0.25, 0.3) is 10.0 Å². The summed E-state index contributed by atoms with van der Waals surface area (Å²) in [5.41, 5.74) is 0. The Bertz CT molecular complexity index is 621. The van der Waals surface area contributed by atoms with Crippen LogP contribution in [0.4, 0.5) is 0 Å². The highest BCUT2D eigenvalue weighted by Crippen LogP contribution is 2.31. The van der Waals surface area contributed by atoms with Crippen molar-refractivity contribution in [3.05, 3.63) is 33.1 Å². The maximum absolute atomic E-state index is 12.3. The molecular weight excluding hydrogens is 312 g/mol. The molecule has 0 aromatic carbocycles. The standard InChI is InChI=1S/C10H11ClN2O2S3/c1-7(8-4-3-5-16-8)13(2)18(14,15)9-6-12-10(11)17-9/h3-7H,1-2H3. The van der Waals surface area contributed by atoms with Crippen LogP contribution < -0.4 is 0 Å². The number of thiophene rings is 1. The Balaban J connectivity index is 2.31. The van der Waals surface area contributed by atoms with Gasteiger partial charge in [0.05, 0.1) is 12.2 Å². The molecule has 0 fully saturated rings. The molecule has 2 rings (SSSR count). The molecule has 0 amide bonds. The summed E-state index contributed by atoms with van der Waals surface area (Å²) in [4.78, 5) is 4.77. The third kappa shape index (κ3) is 2.60. The van der Waals surface area contributed by atoms with Gasteiger partial charge in [-0.15, -0.1) is 11.3 Å². The fourth-order valence-corrected chi connectivity index (χ4v) is 5.13. The molecule has 2 aromatic heterocycles. The van der Waals surface area contributed by atoms with Gasteiger partial charge in [0, 0.05) is 11.9 Å². The first-order chi connectivity index (χ1) is 8.43. The SMILES string of the molecule is CC(c1cccs1)N(C)S(=O)(=O)c1cnc(Cl)s1. The second-order valence-corrected chi connectivity index (χ2v) is 8.46. The molecule has 0 aliphatic carbocycles. The molecule has 0 N–H and O–H groups in total. The van der Waals surface area contributed by atoms with Crippen LogP contribution in [0.15, 0.2) is 27.9 Å². The largest absolute Gasteiger partial charge is 0.254 e. The Morgan fingerprint density at radius 1 is 1.50 bits per heavy atom. The van der Waals surface area contributed by atoms with Crippen molar-refractivity contribution in [1.29, 1.82) is 0 Å². The van der Waals surface area contributed by atoms with Crippen LogP contribution in [-0.4, -0.2) is 24.8 Å². The van der Waals surface area contributed by atoms with E-state index in [1.54, 1.807) is 7.05 Å². The lowest BCUT2D eigenvalue weighted by Gasteiger charge is -2.22. The maximum Gasteiger partial charge on any atom is 0.254 e. The molecule has 4 nitrogen and oxygen atoms in total. The number of halogens is 1. The van der Waals surface area contributed by atoms with Crippen LogP contribution in [0, 0.1) is 0 Å². The van der Waals surface area contributed by atoms with E-state index >= 15 is 0 Å². The average molecular weight is 323 g/mol.